The number of hydrogen-bond donors (Lipinski definition) is 1. The monoisotopic (exact) mass is 524 g/mol. The fourth-order valence-corrected chi connectivity index (χ4v) is 4.61. The number of thiazole rings is 1. The second-order valence-electron chi connectivity index (χ2n) is 8.24. The number of amides is 2. The highest BCUT2D eigenvalue weighted by atomic mass is 32.1. The van der Waals surface area contributed by atoms with Gasteiger partial charge >= 0.3 is 12.4 Å². The Hall–Kier alpha value is -3.45. The quantitative estimate of drug-likeness (QED) is 0.467. The third kappa shape index (κ3) is 5.68. The zero-order valence-electron chi connectivity index (χ0n) is 19.4. The lowest BCUT2D eigenvalue weighted by molar-refractivity contribution is -0.274. The third-order valence-electron chi connectivity index (χ3n) is 5.49. The smallest absolute Gasteiger partial charge is 0.425 e. The Morgan fingerprint density at radius 2 is 1.97 bits per heavy atom. The Balaban J connectivity index is 1.78. The zero-order chi connectivity index (χ0) is 26.0. The lowest BCUT2D eigenvalue weighted by atomic mass is 9.98. The van der Waals surface area contributed by atoms with Crippen LogP contribution in [-0.2, 0) is 17.8 Å². The molecule has 0 aliphatic carbocycles. The van der Waals surface area contributed by atoms with Gasteiger partial charge in [0.1, 0.15) is 22.2 Å². The largest absolute Gasteiger partial charge is 0.573 e. The molecule has 3 aromatic rings. The first-order chi connectivity index (χ1) is 17.1. The molecule has 1 unspecified atom stereocenters. The van der Waals surface area contributed by atoms with Crippen molar-refractivity contribution in [3.05, 3.63) is 51.7 Å². The topological polar surface area (TPSA) is 107 Å². The molecule has 0 saturated heterocycles. The minimum absolute atomic E-state index is 0.00963. The number of halogens is 3. The molecule has 1 aromatic carbocycles. The van der Waals surface area contributed by atoms with Crippen LogP contribution in [-0.4, -0.2) is 55.9 Å². The molecule has 36 heavy (non-hydrogen) atoms. The normalized spacial score (nSPS) is 16.5. The molecule has 3 heterocycles. The Kier molecular flexibility index (Phi) is 7.31. The van der Waals surface area contributed by atoms with Gasteiger partial charge in [-0.25, -0.2) is 4.98 Å². The highest BCUT2D eigenvalue weighted by molar-refractivity contribution is 7.09. The molecular weight excluding hydrogens is 501 g/mol. The fraction of sp³-hybridized carbons (Fsp3) is 0.391. The summed E-state index contributed by atoms with van der Waals surface area (Å²) in [5.41, 5.74) is 1.26. The lowest BCUT2D eigenvalue weighted by Crippen LogP contribution is -2.44. The summed E-state index contributed by atoms with van der Waals surface area (Å²) in [5, 5.41) is 11.9. The first-order valence-electron chi connectivity index (χ1n) is 11.1. The van der Waals surface area contributed by atoms with Crippen molar-refractivity contribution in [1.29, 1.82) is 0 Å². The van der Waals surface area contributed by atoms with Gasteiger partial charge in [-0.2, -0.15) is 4.98 Å². The van der Waals surface area contributed by atoms with Crippen molar-refractivity contribution < 1.29 is 37.3 Å². The predicted octanol–water partition coefficient (Wildman–Crippen LogP) is 3.93. The van der Waals surface area contributed by atoms with Gasteiger partial charge < -0.3 is 14.6 Å². The number of benzene rings is 1. The number of hydrogen-bond acceptors (Lipinski definition) is 8. The maximum Gasteiger partial charge on any atom is 0.573 e. The molecule has 0 saturated carbocycles. The Morgan fingerprint density at radius 1 is 1.22 bits per heavy atom. The average Bonchev–Trinajstić information content (AvgIpc) is 3.36. The van der Waals surface area contributed by atoms with Crippen LogP contribution in [0.4, 0.5) is 13.2 Å². The van der Waals surface area contributed by atoms with E-state index in [1.807, 2.05) is 12.3 Å². The molecule has 0 bridgehead atoms. The van der Waals surface area contributed by atoms with Crippen LogP contribution in [0.3, 0.4) is 0 Å². The number of aliphatic hydroxyl groups is 1. The van der Waals surface area contributed by atoms with Crippen LogP contribution in [0.5, 0.6) is 17.5 Å². The number of fused-ring (bicyclic) bond motifs is 1. The van der Waals surface area contributed by atoms with Gasteiger partial charge in [0, 0.05) is 23.1 Å². The second kappa shape index (κ2) is 10.3. The molecule has 2 amide bonds. The van der Waals surface area contributed by atoms with Gasteiger partial charge in [-0.1, -0.05) is 13.0 Å². The number of imidazole rings is 1. The molecule has 0 spiro atoms. The van der Waals surface area contributed by atoms with Crippen LogP contribution in [0, 0.1) is 12.8 Å². The van der Waals surface area contributed by atoms with Crippen LogP contribution in [0.1, 0.15) is 40.2 Å². The number of alkyl halides is 3. The number of rotatable bonds is 7. The molecule has 13 heteroatoms. The van der Waals surface area contributed by atoms with Gasteiger partial charge in [0.2, 0.25) is 5.91 Å². The van der Waals surface area contributed by atoms with E-state index in [4.69, 9.17) is 4.74 Å². The zero-order valence-corrected chi connectivity index (χ0v) is 20.2. The number of nitrogens with zero attached hydrogens (tertiary/aromatic N) is 4. The van der Waals surface area contributed by atoms with Crippen LogP contribution in [0.15, 0.2) is 29.6 Å². The summed E-state index contributed by atoms with van der Waals surface area (Å²) in [6, 6.07) is 4.91. The average molecular weight is 525 g/mol. The van der Waals surface area contributed by atoms with Gasteiger partial charge in [-0.15, -0.1) is 24.5 Å². The fourth-order valence-electron chi connectivity index (χ4n) is 3.85. The number of aromatic nitrogens is 3. The van der Waals surface area contributed by atoms with Crippen molar-refractivity contribution in [2.45, 2.75) is 39.6 Å². The Labute approximate surface area is 208 Å². The molecule has 2 aromatic heterocycles. The van der Waals surface area contributed by atoms with Crippen molar-refractivity contribution in [2.24, 2.45) is 5.92 Å². The van der Waals surface area contributed by atoms with E-state index in [2.05, 4.69) is 14.7 Å². The van der Waals surface area contributed by atoms with E-state index in [9.17, 15) is 27.9 Å². The second-order valence-corrected chi connectivity index (χ2v) is 9.18. The van der Waals surface area contributed by atoms with E-state index in [1.54, 1.807) is 6.92 Å². The number of β-amino-alcohol motifs (C(OH)–C–C–N with tert-alkyl or cyclic N) is 1. The summed E-state index contributed by atoms with van der Waals surface area (Å²) < 4.78 is 49.3. The van der Waals surface area contributed by atoms with Crippen molar-refractivity contribution in [1.82, 2.24) is 19.4 Å². The number of carbonyl (C=O) groups excluding carboxylic acids is 2. The predicted molar refractivity (Wildman–Crippen MR) is 122 cm³/mol. The van der Waals surface area contributed by atoms with E-state index in [-0.39, 0.29) is 30.5 Å². The first-order valence-corrected chi connectivity index (χ1v) is 11.9. The molecule has 9 nitrogen and oxygen atoms in total. The number of carbonyl (C=O) groups is 2. The molecule has 1 aliphatic heterocycles. The van der Waals surface area contributed by atoms with Gasteiger partial charge in [0.15, 0.2) is 0 Å². The molecule has 1 atom stereocenters. The summed E-state index contributed by atoms with van der Waals surface area (Å²) in [4.78, 5) is 36.3. The molecule has 0 fully saturated rings. The van der Waals surface area contributed by atoms with Crippen LogP contribution >= 0.6 is 11.3 Å². The van der Waals surface area contributed by atoms with Gasteiger partial charge in [0.25, 0.3) is 5.91 Å². The summed E-state index contributed by atoms with van der Waals surface area (Å²) in [6.07, 6.45) is -4.16. The van der Waals surface area contributed by atoms with Gasteiger partial charge in [-0.05, 0) is 31.9 Å². The van der Waals surface area contributed by atoms with Crippen molar-refractivity contribution >= 4 is 23.2 Å². The van der Waals surface area contributed by atoms with Crippen LogP contribution in [0.25, 0.3) is 0 Å². The highest BCUT2D eigenvalue weighted by Gasteiger charge is 2.36. The Morgan fingerprint density at radius 3 is 2.64 bits per heavy atom. The van der Waals surface area contributed by atoms with Crippen LogP contribution < -0.4 is 9.47 Å². The molecule has 192 valence electrons. The van der Waals surface area contributed by atoms with E-state index in [0.29, 0.717) is 23.5 Å². The van der Waals surface area contributed by atoms with Crippen molar-refractivity contribution in [2.75, 3.05) is 13.2 Å². The summed E-state index contributed by atoms with van der Waals surface area (Å²) in [6.45, 7) is 3.00. The number of aryl methyl sites for hydroxylation is 2. The van der Waals surface area contributed by atoms with Gasteiger partial charge in [0.05, 0.1) is 25.4 Å². The van der Waals surface area contributed by atoms with Crippen molar-refractivity contribution in [3.8, 4) is 17.5 Å². The summed E-state index contributed by atoms with van der Waals surface area (Å²) in [5.74, 6) is -1.98. The number of ether oxygens (including phenoxy) is 2. The molecule has 1 N–H and O–H groups in total. The standard InChI is InChI=1S/C23H23F3N4O5S/c1-13-6-7-17-19(21(33)29(8-9-31)20(13)32)30(11-18-27-14(2)12-36-18)22(28-17)34-15-4-3-5-16(10-15)35-23(24,25)26/h3-5,10,12-13,31H,6-9,11H2,1-2H3. The lowest BCUT2D eigenvalue weighted by Gasteiger charge is -2.26. The highest BCUT2D eigenvalue weighted by Crippen LogP contribution is 2.32. The maximum atomic E-state index is 13.5. The number of aliphatic hydroxyl groups excluding tert-OH is 1. The molecular formula is C23H23F3N4O5S. The number of imide groups is 1. The third-order valence-corrected chi connectivity index (χ3v) is 6.44. The van der Waals surface area contributed by atoms with E-state index < -0.39 is 36.5 Å². The first kappa shape index (κ1) is 25.6. The molecule has 4 rings (SSSR count). The minimum atomic E-state index is -4.87. The maximum absolute atomic E-state index is 13.5. The SMILES string of the molecule is Cc1csc(Cn2c(Oc3cccc(OC(F)(F)F)c3)nc3c2C(=O)N(CCO)C(=O)C(C)CC3)n1. The van der Waals surface area contributed by atoms with E-state index >= 15 is 0 Å². The van der Waals surface area contributed by atoms with Crippen LogP contribution in [0.2, 0.25) is 0 Å². The van der Waals surface area contributed by atoms with E-state index in [1.165, 1.54) is 28.0 Å². The summed E-state index contributed by atoms with van der Waals surface area (Å²) >= 11 is 1.35. The minimum Gasteiger partial charge on any atom is -0.425 e. The van der Waals surface area contributed by atoms with Gasteiger partial charge in [-0.3, -0.25) is 19.1 Å². The Bertz CT molecular complexity index is 1270. The molecule has 1 aliphatic rings. The van der Waals surface area contributed by atoms with Crippen molar-refractivity contribution in [3.63, 3.8) is 0 Å². The van der Waals surface area contributed by atoms with E-state index in [0.717, 1.165) is 22.7 Å². The summed E-state index contributed by atoms with van der Waals surface area (Å²) in [7, 11) is 0. The molecule has 0 radical (unpaired) electrons.